The first-order valence-corrected chi connectivity index (χ1v) is 13.1. The van der Waals surface area contributed by atoms with Gasteiger partial charge in [-0.2, -0.15) is 0 Å². The fourth-order valence-electron chi connectivity index (χ4n) is 3.81. The molecule has 11 heteroatoms. The third kappa shape index (κ3) is 4.72. The minimum absolute atomic E-state index is 0.0739. The average Bonchev–Trinajstić information content (AvgIpc) is 3.04. The van der Waals surface area contributed by atoms with Crippen LogP contribution in [0.15, 0.2) is 41.2 Å². The third-order valence-corrected chi connectivity index (χ3v) is 9.07. The molecule has 1 aromatic heterocycles. The number of rotatable bonds is 5. The van der Waals surface area contributed by atoms with Gasteiger partial charge < -0.3 is 9.88 Å². The number of sulfonamides is 1. The zero-order chi connectivity index (χ0) is 23.0. The van der Waals surface area contributed by atoms with Crippen LogP contribution in [0.1, 0.15) is 18.4 Å². The van der Waals surface area contributed by atoms with Gasteiger partial charge in [0.25, 0.3) is 0 Å². The van der Waals surface area contributed by atoms with Gasteiger partial charge in [-0.15, -0.1) is 0 Å². The normalized spacial score (nSPS) is 17.5. The Morgan fingerprint density at radius 2 is 1.94 bits per heavy atom. The molecule has 1 amide bonds. The van der Waals surface area contributed by atoms with Crippen molar-refractivity contribution in [1.82, 2.24) is 8.87 Å². The highest BCUT2D eigenvalue weighted by Crippen LogP contribution is 2.29. The van der Waals surface area contributed by atoms with Crippen molar-refractivity contribution in [3.63, 3.8) is 0 Å². The molecule has 1 fully saturated rings. The summed E-state index contributed by atoms with van der Waals surface area (Å²) in [6.07, 6.45) is 1.17. The van der Waals surface area contributed by atoms with Gasteiger partial charge in [-0.05, 0) is 43.2 Å². The van der Waals surface area contributed by atoms with Gasteiger partial charge in [-0.1, -0.05) is 40.6 Å². The lowest BCUT2D eigenvalue weighted by molar-refractivity contribution is -0.120. The van der Waals surface area contributed by atoms with E-state index in [2.05, 4.69) is 5.32 Å². The molecule has 1 N–H and O–H groups in total. The Morgan fingerprint density at radius 3 is 2.66 bits per heavy atom. The molecule has 0 spiro atoms. The van der Waals surface area contributed by atoms with Crippen LogP contribution in [0.2, 0.25) is 10.0 Å². The van der Waals surface area contributed by atoms with Gasteiger partial charge in [-0.25, -0.2) is 12.7 Å². The molecular weight excluding hydrogens is 493 g/mol. The largest absolute Gasteiger partial charge is 0.326 e. The Kier molecular flexibility index (Phi) is 6.65. The van der Waals surface area contributed by atoms with Crippen molar-refractivity contribution >= 4 is 66.4 Å². The summed E-state index contributed by atoms with van der Waals surface area (Å²) in [5.41, 5.74) is 1.73. The van der Waals surface area contributed by atoms with E-state index in [-0.39, 0.29) is 23.1 Å². The number of aromatic nitrogens is 1. The maximum atomic E-state index is 13.0. The van der Waals surface area contributed by atoms with Crippen molar-refractivity contribution in [3.05, 3.63) is 61.7 Å². The molecule has 170 valence electrons. The summed E-state index contributed by atoms with van der Waals surface area (Å²) in [6, 6.07) is 10.1. The molecule has 2 aromatic carbocycles. The van der Waals surface area contributed by atoms with Crippen LogP contribution in [0.3, 0.4) is 0 Å². The molecule has 1 atom stereocenters. The molecule has 1 saturated heterocycles. The number of fused-ring (bicyclic) bond motifs is 1. The van der Waals surface area contributed by atoms with Crippen LogP contribution in [0.4, 0.5) is 5.69 Å². The Hall–Kier alpha value is -1.91. The second kappa shape index (κ2) is 9.15. The van der Waals surface area contributed by atoms with E-state index in [4.69, 9.17) is 23.2 Å². The molecule has 32 heavy (non-hydrogen) atoms. The molecule has 3 aromatic rings. The standard InChI is InChI=1S/C21H21Cl2N3O4S2/c1-25-18-8-7-14(10-19(18)31-21(25)28)24-20(27)13-4-3-9-26(11-13)32(29,30)12-15-16(22)5-2-6-17(15)23/h2,5-8,10,13H,3-4,9,11-12H2,1H3,(H,24,27)/t13-/m0/s1. The van der Waals surface area contributed by atoms with Crippen LogP contribution < -0.4 is 10.2 Å². The molecule has 0 unspecified atom stereocenters. The first kappa shape index (κ1) is 23.3. The van der Waals surface area contributed by atoms with E-state index in [9.17, 15) is 18.0 Å². The predicted molar refractivity (Wildman–Crippen MR) is 129 cm³/mol. The fraction of sp³-hybridized carbons (Fsp3) is 0.333. The lowest BCUT2D eigenvalue weighted by Gasteiger charge is -2.31. The van der Waals surface area contributed by atoms with Gasteiger partial charge in [-0.3, -0.25) is 9.59 Å². The zero-order valence-electron chi connectivity index (χ0n) is 17.2. The van der Waals surface area contributed by atoms with Crippen molar-refractivity contribution in [2.75, 3.05) is 18.4 Å². The van der Waals surface area contributed by atoms with Crippen LogP contribution in [0, 0.1) is 5.92 Å². The van der Waals surface area contributed by atoms with Crippen LogP contribution in [-0.4, -0.2) is 36.3 Å². The predicted octanol–water partition coefficient (Wildman–Crippen LogP) is 4.09. The Morgan fingerprint density at radius 1 is 1.22 bits per heavy atom. The van der Waals surface area contributed by atoms with Gasteiger partial charge in [0.15, 0.2) is 0 Å². The minimum Gasteiger partial charge on any atom is -0.326 e. The average molecular weight is 514 g/mol. The number of piperidine rings is 1. The molecule has 4 rings (SSSR count). The van der Waals surface area contributed by atoms with Crippen molar-refractivity contribution in [1.29, 1.82) is 0 Å². The number of benzene rings is 2. The monoisotopic (exact) mass is 513 g/mol. The molecule has 1 aliphatic heterocycles. The second-order valence-electron chi connectivity index (χ2n) is 7.75. The lowest BCUT2D eigenvalue weighted by atomic mass is 9.98. The number of thiazole rings is 1. The van der Waals surface area contributed by atoms with E-state index in [1.54, 1.807) is 48.0 Å². The van der Waals surface area contributed by atoms with Crippen molar-refractivity contribution in [3.8, 4) is 0 Å². The topological polar surface area (TPSA) is 88.5 Å². The summed E-state index contributed by atoms with van der Waals surface area (Å²) in [6.45, 7) is 0.440. The molecule has 2 heterocycles. The Balaban J connectivity index is 1.47. The van der Waals surface area contributed by atoms with E-state index in [1.807, 2.05) is 0 Å². The van der Waals surface area contributed by atoms with E-state index >= 15 is 0 Å². The molecule has 0 radical (unpaired) electrons. The smallest absolute Gasteiger partial charge is 0.307 e. The summed E-state index contributed by atoms with van der Waals surface area (Å²) < 4.78 is 29.7. The number of hydrogen-bond donors (Lipinski definition) is 1. The summed E-state index contributed by atoms with van der Waals surface area (Å²) in [5, 5.41) is 3.46. The second-order valence-corrected chi connectivity index (χ2v) is 11.5. The van der Waals surface area contributed by atoms with Gasteiger partial charge in [0.1, 0.15) is 0 Å². The summed E-state index contributed by atoms with van der Waals surface area (Å²) >= 11 is 13.4. The molecule has 1 aliphatic rings. The summed E-state index contributed by atoms with van der Waals surface area (Å²) in [4.78, 5) is 24.6. The number of aryl methyl sites for hydroxylation is 1. The highest BCUT2D eigenvalue weighted by Gasteiger charge is 2.33. The molecular formula is C21H21Cl2N3O4S2. The third-order valence-electron chi connectivity index (χ3n) is 5.60. The van der Waals surface area contributed by atoms with Gasteiger partial charge in [0.2, 0.25) is 15.9 Å². The van der Waals surface area contributed by atoms with Crippen LogP contribution >= 0.6 is 34.5 Å². The maximum absolute atomic E-state index is 13.0. The summed E-state index contributed by atoms with van der Waals surface area (Å²) in [5.74, 6) is -1.04. The van der Waals surface area contributed by atoms with Gasteiger partial charge in [0, 0.05) is 41.4 Å². The molecule has 0 aliphatic carbocycles. The van der Waals surface area contributed by atoms with Crippen LogP contribution in [0.25, 0.3) is 10.2 Å². The van der Waals surface area contributed by atoms with E-state index in [1.165, 1.54) is 4.31 Å². The minimum atomic E-state index is -3.70. The highest BCUT2D eigenvalue weighted by molar-refractivity contribution is 7.88. The number of halogens is 2. The van der Waals surface area contributed by atoms with Crippen LogP contribution in [0.5, 0.6) is 0 Å². The number of anilines is 1. The molecule has 0 saturated carbocycles. The Labute approximate surface area is 199 Å². The van der Waals surface area contributed by atoms with E-state index in [0.29, 0.717) is 40.7 Å². The Bertz CT molecular complexity index is 1330. The molecule has 7 nitrogen and oxygen atoms in total. The first-order chi connectivity index (χ1) is 15.2. The number of amides is 1. The first-order valence-electron chi connectivity index (χ1n) is 9.97. The van der Waals surface area contributed by atoms with Crippen molar-refractivity contribution in [2.24, 2.45) is 13.0 Å². The lowest BCUT2D eigenvalue weighted by Crippen LogP contribution is -2.44. The van der Waals surface area contributed by atoms with Crippen molar-refractivity contribution in [2.45, 2.75) is 18.6 Å². The number of carbonyl (C=O) groups is 1. The van der Waals surface area contributed by atoms with Gasteiger partial charge in [0.05, 0.1) is 21.9 Å². The van der Waals surface area contributed by atoms with Crippen LogP contribution in [-0.2, 0) is 27.6 Å². The quantitative estimate of drug-likeness (QED) is 0.556. The van der Waals surface area contributed by atoms with Crippen molar-refractivity contribution < 1.29 is 13.2 Å². The fourth-order valence-corrected chi connectivity index (χ4v) is 7.09. The maximum Gasteiger partial charge on any atom is 0.307 e. The molecule has 0 bridgehead atoms. The summed E-state index contributed by atoms with van der Waals surface area (Å²) in [7, 11) is -2.00. The number of carbonyl (C=O) groups excluding carboxylic acids is 1. The SMILES string of the molecule is Cn1c(=O)sc2cc(NC(=O)[C@H]3CCCN(S(=O)(=O)Cc4c(Cl)cccc4Cl)C3)ccc21. The van der Waals surface area contributed by atoms with E-state index < -0.39 is 15.9 Å². The number of nitrogens with one attached hydrogen (secondary N) is 1. The van der Waals surface area contributed by atoms with Gasteiger partial charge >= 0.3 is 4.87 Å². The zero-order valence-corrected chi connectivity index (χ0v) is 20.3. The number of hydrogen-bond acceptors (Lipinski definition) is 5. The number of nitrogens with zero attached hydrogens (tertiary/aromatic N) is 2. The highest BCUT2D eigenvalue weighted by atomic mass is 35.5. The van der Waals surface area contributed by atoms with E-state index in [0.717, 1.165) is 21.6 Å².